The number of aliphatic hydroxyl groups excluding tert-OH is 2. The fourth-order valence-electron chi connectivity index (χ4n) is 8.07. The van der Waals surface area contributed by atoms with Gasteiger partial charge in [-0.05, 0) is 110 Å². The SMILES string of the molecule is CCC1CCCC(C(O)CC(O)CCc2ccc(O)c(OCCC(c3ccnc(N)c3)C3(c4ccc[n-]4)CCCC3)c2)CC1. The highest BCUT2D eigenvalue weighted by atomic mass is 16.5. The molecule has 240 valence electrons. The van der Waals surface area contributed by atoms with E-state index in [1.165, 1.54) is 25.7 Å². The number of aliphatic hydroxyl groups is 2. The normalized spacial score (nSPS) is 22.2. The van der Waals surface area contributed by atoms with Crippen molar-refractivity contribution in [3.05, 3.63) is 71.7 Å². The van der Waals surface area contributed by atoms with Crippen LogP contribution in [0.2, 0.25) is 0 Å². The van der Waals surface area contributed by atoms with Gasteiger partial charge in [0.25, 0.3) is 0 Å². The molecule has 2 heterocycles. The lowest BCUT2D eigenvalue weighted by Gasteiger charge is -2.42. The molecule has 2 saturated carbocycles. The Morgan fingerprint density at radius 1 is 1.02 bits per heavy atom. The van der Waals surface area contributed by atoms with Gasteiger partial charge in [0.1, 0.15) is 5.82 Å². The van der Waals surface area contributed by atoms with Crippen molar-refractivity contribution in [2.24, 2.45) is 11.8 Å². The van der Waals surface area contributed by atoms with E-state index in [4.69, 9.17) is 15.5 Å². The van der Waals surface area contributed by atoms with Crippen molar-refractivity contribution < 1.29 is 20.1 Å². The van der Waals surface area contributed by atoms with Gasteiger partial charge in [0.15, 0.2) is 11.5 Å². The predicted molar refractivity (Wildman–Crippen MR) is 175 cm³/mol. The molecule has 2 aliphatic rings. The molecule has 5 N–H and O–H groups in total. The van der Waals surface area contributed by atoms with Crippen molar-refractivity contribution in [2.75, 3.05) is 12.3 Å². The number of nitrogen functional groups attached to an aromatic ring is 1. The Morgan fingerprint density at radius 3 is 2.61 bits per heavy atom. The highest BCUT2D eigenvalue weighted by Crippen LogP contribution is 2.51. The van der Waals surface area contributed by atoms with Crippen molar-refractivity contribution in [1.29, 1.82) is 0 Å². The molecular formula is C37H52N3O4-. The topological polar surface area (TPSA) is 123 Å². The molecule has 2 fully saturated rings. The number of ether oxygens (including phenoxy) is 1. The van der Waals surface area contributed by atoms with Gasteiger partial charge in [0, 0.05) is 6.20 Å². The van der Waals surface area contributed by atoms with Gasteiger partial charge in [-0.3, -0.25) is 0 Å². The Morgan fingerprint density at radius 2 is 1.86 bits per heavy atom. The minimum absolute atomic E-state index is 0.0836. The lowest BCUT2D eigenvalue weighted by Crippen LogP contribution is -2.33. The number of pyridine rings is 1. The summed E-state index contributed by atoms with van der Waals surface area (Å²) in [5, 5.41) is 32.3. The molecule has 2 aromatic heterocycles. The fourth-order valence-corrected chi connectivity index (χ4v) is 8.07. The summed E-state index contributed by atoms with van der Waals surface area (Å²) in [6, 6.07) is 13.6. The molecule has 0 bridgehead atoms. The summed E-state index contributed by atoms with van der Waals surface area (Å²) in [5.74, 6) is 2.31. The van der Waals surface area contributed by atoms with Gasteiger partial charge in [-0.15, -0.1) is 0 Å². The number of rotatable bonds is 14. The lowest BCUT2D eigenvalue weighted by atomic mass is 9.67. The van der Waals surface area contributed by atoms with Crippen LogP contribution in [0.3, 0.4) is 0 Å². The Bertz CT molecular complexity index is 1290. The molecule has 5 rings (SSSR count). The van der Waals surface area contributed by atoms with Gasteiger partial charge in [-0.2, -0.15) is 11.9 Å². The van der Waals surface area contributed by atoms with E-state index in [-0.39, 0.29) is 17.1 Å². The molecule has 0 spiro atoms. The number of anilines is 1. The average Bonchev–Trinajstić information content (AvgIpc) is 3.68. The summed E-state index contributed by atoms with van der Waals surface area (Å²) >= 11 is 0. The first-order chi connectivity index (χ1) is 21.4. The maximum absolute atomic E-state index is 10.9. The molecule has 7 nitrogen and oxygen atoms in total. The van der Waals surface area contributed by atoms with Crippen molar-refractivity contribution in [3.63, 3.8) is 0 Å². The average molecular weight is 603 g/mol. The van der Waals surface area contributed by atoms with E-state index in [0.29, 0.717) is 43.4 Å². The zero-order chi connectivity index (χ0) is 30.9. The number of nitrogens with two attached hydrogens (primary N) is 1. The third-order valence-electron chi connectivity index (χ3n) is 10.7. The number of phenols is 1. The van der Waals surface area contributed by atoms with Gasteiger partial charge < -0.3 is 30.8 Å². The second-order valence-corrected chi connectivity index (χ2v) is 13.4. The van der Waals surface area contributed by atoms with E-state index < -0.39 is 12.2 Å². The van der Waals surface area contributed by atoms with E-state index >= 15 is 0 Å². The summed E-state index contributed by atoms with van der Waals surface area (Å²) in [7, 11) is 0. The molecule has 1 aromatic carbocycles. The van der Waals surface area contributed by atoms with Crippen LogP contribution in [0.5, 0.6) is 11.5 Å². The van der Waals surface area contributed by atoms with Gasteiger partial charge in [0.2, 0.25) is 0 Å². The summed E-state index contributed by atoms with van der Waals surface area (Å²) in [6.45, 7) is 2.69. The van der Waals surface area contributed by atoms with Crippen LogP contribution >= 0.6 is 0 Å². The summed E-state index contributed by atoms with van der Waals surface area (Å²) in [5.41, 5.74) is 9.32. The third kappa shape index (κ3) is 7.97. The Hall–Kier alpha value is -3.03. The van der Waals surface area contributed by atoms with Gasteiger partial charge >= 0.3 is 0 Å². The third-order valence-corrected chi connectivity index (χ3v) is 10.7. The summed E-state index contributed by atoms with van der Waals surface area (Å²) in [6.07, 6.45) is 16.4. The van der Waals surface area contributed by atoms with Gasteiger partial charge in [-0.25, -0.2) is 4.98 Å². The van der Waals surface area contributed by atoms with Crippen LogP contribution in [0.25, 0.3) is 0 Å². The molecule has 0 radical (unpaired) electrons. The zero-order valence-corrected chi connectivity index (χ0v) is 26.4. The first-order valence-electron chi connectivity index (χ1n) is 17.0. The molecule has 0 aliphatic heterocycles. The lowest BCUT2D eigenvalue weighted by molar-refractivity contribution is 0.0352. The molecule has 5 unspecified atom stereocenters. The minimum Gasteiger partial charge on any atom is -0.667 e. The number of benzene rings is 1. The monoisotopic (exact) mass is 602 g/mol. The molecule has 44 heavy (non-hydrogen) atoms. The second kappa shape index (κ2) is 15.3. The van der Waals surface area contributed by atoms with Crippen molar-refractivity contribution >= 4 is 5.82 Å². The molecule has 0 saturated heterocycles. The molecular weight excluding hydrogens is 550 g/mol. The number of aromatic nitrogens is 2. The van der Waals surface area contributed by atoms with Crippen molar-refractivity contribution in [2.45, 2.75) is 120 Å². The number of phenolic OH excluding ortho intramolecular Hbond substituents is 1. The van der Waals surface area contributed by atoms with Crippen LogP contribution in [-0.4, -0.2) is 39.1 Å². The number of hydrogen-bond acceptors (Lipinski definition) is 6. The Kier molecular flexibility index (Phi) is 11.3. The molecule has 3 aromatic rings. The van der Waals surface area contributed by atoms with Crippen LogP contribution in [-0.2, 0) is 11.8 Å². The van der Waals surface area contributed by atoms with E-state index in [1.54, 1.807) is 12.3 Å². The van der Waals surface area contributed by atoms with Crippen molar-refractivity contribution in [3.8, 4) is 11.5 Å². The summed E-state index contributed by atoms with van der Waals surface area (Å²) in [4.78, 5) is 8.99. The van der Waals surface area contributed by atoms with E-state index in [9.17, 15) is 15.3 Å². The van der Waals surface area contributed by atoms with Crippen molar-refractivity contribution in [1.82, 2.24) is 9.97 Å². The largest absolute Gasteiger partial charge is 0.667 e. The van der Waals surface area contributed by atoms with Crippen LogP contribution < -0.4 is 15.5 Å². The van der Waals surface area contributed by atoms with Crippen LogP contribution in [0.15, 0.2) is 54.9 Å². The quantitative estimate of drug-likeness (QED) is 0.146. The Labute approximate surface area is 263 Å². The van der Waals surface area contributed by atoms with E-state index in [2.05, 4.69) is 24.0 Å². The van der Waals surface area contributed by atoms with Gasteiger partial charge in [0.05, 0.1) is 18.8 Å². The molecule has 2 aliphatic carbocycles. The maximum Gasteiger partial charge on any atom is 0.161 e. The van der Waals surface area contributed by atoms with Gasteiger partial charge in [-0.1, -0.05) is 63.6 Å². The first kappa shape index (κ1) is 32.4. The standard InChI is InChI=1S/C37H52N3O4/c1-2-26-7-5-8-28(13-10-26)33(43)25-30(41)14-11-27-12-15-32(42)34(23-27)44-22-17-31(29-16-21-40-36(38)24-29)37(18-3-4-19-37)35-9-6-20-39-35/h6,9,12,15-16,20-21,23-24,26,28,30-31,33,41-43H,2-5,7-8,10-11,13-14,17-19,22,25H2,1H3,(H2,38,40)/q-1. The maximum atomic E-state index is 10.9. The Balaban J connectivity index is 1.19. The molecule has 7 heteroatoms. The number of hydrogen-bond donors (Lipinski definition) is 4. The smallest absolute Gasteiger partial charge is 0.161 e. The number of aryl methyl sites for hydroxylation is 1. The van der Waals surface area contributed by atoms with E-state index in [1.807, 2.05) is 30.5 Å². The molecule has 0 amide bonds. The second-order valence-electron chi connectivity index (χ2n) is 13.4. The minimum atomic E-state index is -0.561. The van der Waals surface area contributed by atoms with E-state index in [0.717, 1.165) is 67.7 Å². The summed E-state index contributed by atoms with van der Waals surface area (Å²) < 4.78 is 6.24. The number of nitrogens with zero attached hydrogens (tertiary/aromatic N) is 2. The zero-order valence-electron chi connectivity index (χ0n) is 26.4. The van der Waals surface area contributed by atoms with Crippen LogP contribution in [0.1, 0.15) is 113 Å². The predicted octanol–water partition coefficient (Wildman–Crippen LogP) is 7.04. The number of aromatic hydroxyl groups is 1. The van der Waals surface area contributed by atoms with Crippen LogP contribution in [0.4, 0.5) is 5.82 Å². The highest BCUT2D eigenvalue weighted by Gasteiger charge is 2.41. The van der Waals surface area contributed by atoms with Crippen LogP contribution in [0, 0.1) is 11.8 Å². The highest BCUT2D eigenvalue weighted by molar-refractivity contribution is 5.42. The fraction of sp³-hybridized carbons (Fsp3) is 0.595. The molecule has 5 atom stereocenters. The first-order valence-corrected chi connectivity index (χ1v) is 17.0.